The summed E-state index contributed by atoms with van der Waals surface area (Å²) in [5, 5.41) is 13.7. The lowest BCUT2D eigenvalue weighted by atomic mass is 10.0. The number of piperidine rings is 1. The number of aliphatic hydroxyl groups is 1. The Bertz CT molecular complexity index is 672. The summed E-state index contributed by atoms with van der Waals surface area (Å²) in [7, 11) is 2.01. The van der Waals surface area contributed by atoms with Crippen LogP contribution < -0.4 is 4.90 Å². The first-order valence-electron chi connectivity index (χ1n) is 9.23. The second kappa shape index (κ2) is 8.02. The summed E-state index contributed by atoms with van der Waals surface area (Å²) in [4.78, 5) is 4.61. The molecule has 5 nitrogen and oxygen atoms in total. The number of aryl methyl sites for hydroxylation is 2. The van der Waals surface area contributed by atoms with E-state index in [2.05, 4.69) is 63.8 Å². The fourth-order valence-corrected chi connectivity index (χ4v) is 3.73. The molecule has 1 aliphatic rings. The van der Waals surface area contributed by atoms with Crippen LogP contribution in [0.2, 0.25) is 0 Å². The molecule has 0 saturated carbocycles. The van der Waals surface area contributed by atoms with Gasteiger partial charge in [-0.1, -0.05) is 12.1 Å². The van der Waals surface area contributed by atoms with E-state index in [9.17, 15) is 0 Å². The van der Waals surface area contributed by atoms with Crippen molar-refractivity contribution in [2.45, 2.75) is 39.3 Å². The molecule has 0 spiro atoms. The summed E-state index contributed by atoms with van der Waals surface area (Å²) in [6.45, 7) is 8.32. The number of rotatable bonds is 6. The van der Waals surface area contributed by atoms with Crippen molar-refractivity contribution in [3.63, 3.8) is 0 Å². The number of hydrogen-bond donors (Lipinski definition) is 1. The molecule has 1 fully saturated rings. The zero-order valence-electron chi connectivity index (χ0n) is 15.6. The second-order valence-electron chi connectivity index (χ2n) is 7.19. The van der Waals surface area contributed by atoms with Gasteiger partial charge >= 0.3 is 0 Å². The SMILES string of the molecule is Cc1cc(C)n(C2CCN(Cc3ccc(N(C)CCO)cc3)CC2)n1. The molecule has 2 aromatic rings. The molecule has 136 valence electrons. The molecular weight excluding hydrogens is 312 g/mol. The predicted octanol–water partition coefficient (Wildman–Crippen LogP) is 2.77. The molecule has 1 saturated heterocycles. The molecule has 1 N–H and O–H groups in total. The van der Waals surface area contributed by atoms with E-state index in [1.165, 1.54) is 24.1 Å². The van der Waals surface area contributed by atoms with Gasteiger partial charge < -0.3 is 10.0 Å². The summed E-state index contributed by atoms with van der Waals surface area (Å²) in [5.74, 6) is 0. The fraction of sp³-hybridized carbons (Fsp3) is 0.550. The third kappa shape index (κ3) is 4.41. The van der Waals surface area contributed by atoms with Gasteiger partial charge in [-0.15, -0.1) is 0 Å². The van der Waals surface area contributed by atoms with Crippen LogP contribution in [0.4, 0.5) is 5.69 Å². The monoisotopic (exact) mass is 342 g/mol. The molecule has 0 aliphatic carbocycles. The van der Waals surface area contributed by atoms with E-state index in [4.69, 9.17) is 5.11 Å². The second-order valence-corrected chi connectivity index (χ2v) is 7.19. The summed E-state index contributed by atoms with van der Waals surface area (Å²) >= 11 is 0. The van der Waals surface area contributed by atoms with Crippen LogP contribution in [0.25, 0.3) is 0 Å². The number of likely N-dealkylation sites (N-methyl/N-ethyl adjacent to an activating group) is 1. The Labute approximate surface area is 150 Å². The molecule has 1 aromatic carbocycles. The van der Waals surface area contributed by atoms with Crippen molar-refractivity contribution in [3.8, 4) is 0 Å². The van der Waals surface area contributed by atoms with Gasteiger partial charge in [0.05, 0.1) is 18.3 Å². The van der Waals surface area contributed by atoms with Crippen LogP contribution in [0.1, 0.15) is 35.8 Å². The van der Waals surface area contributed by atoms with E-state index in [1.54, 1.807) is 0 Å². The molecule has 25 heavy (non-hydrogen) atoms. The van der Waals surface area contributed by atoms with E-state index in [0.29, 0.717) is 12.6 Å². The van der Waals surface area contributed by atoms with Crippen molar-refractivity contribution >= 4 is 5.69 Å². The van der Waals surface area contributed by atoms with Gasteiger partial charge in [0.2, 0.25) is 0 Å². The number of hydrogen-bond acceptors (Lipinski definition) is 4. The van der Waals surface area contributed by atoms with E-state index in [1.807, 2.05) is 7.05 Å². The first kappa shape index (κ1) is 18.0. The minimum absolute atomic E-state index is 0.183. The first-order chi connectivity index (χ1) is 12.1. The highest BCUT2D eigenvalue weighted by Gasteiger charge is 2.22. The Morgan fingerprint density at radius 2 is 1.84 bits per heavy atom. The van der Waals surface area contributed by atoms with Crippen LogP contribution >= 0.6 is 0 Å². The lowest BCUT2D eigenvalue weighted by Crippen LogP contribution is -2.34. The van der Waals surface area contributed by atoms with Gasteiger partial charge in [0.15, 0.2) is 0 Å². The topological polar surface area (TPSA) is 44.5 Å². The number of likely N-dealkylation sites (tertiary alicyclic amines) is 1. The highest BCUT2D eigenvalue weighted by molar-refractivity contribution is 5.46. The maximum atomic E-state index is 9.04. The first-order valence-corrected chi connectivity index (χ1v) is 9.23. The molecule has 1 aliphatic heterocycles. The minimum Gasteiger partial charge on any atom is -0.395 e. The highest BCUT2D eigenvalue weighted by Crippen LogP contribution is 2.25. The Balaban J connectivity index is 1.53. The van der Waals surface area contributed by atoms with Crippen molar-refractivity contribution in [3.05, 3.63) is 47.3 Å². The summed E-state index contributed by atoms with van der Waals surface area (Å²) < 4.78 is 2.22. The van der Waals surface area contributed by atoms with Crippen molar-refractivity contribution in [2.24, 2.45) is 0 Å². The molecular formula is C20H30N4O. The Morgan fingerprint density at radius 1 is 1.16 bits per heavy atom. The van der Waals surface area contributed by atoms with Crippen molar-refractivity contribution < 1.29 is 5.11 Å². The zero-order chi connectivity index (χ0) is 17.8. The standard InChI is InChI=1S/C20H30N4O/c1-16-14-17(2)24(21-16)20-8-10-23(11-9-20)15-18-4-6-19(7-5-18)22(3)12-13-25/h4-7,14,20,25H,8-13,15H2,1-3H3. The third-order valence-electron chi connectivity index (χ3n) is 5.17. The van der Waals surface area contributed by atoms with E-state index in [-0.39, 0.29) is 6.61 Å². The lowest BCUT2D eigenvalue weighted by Gasteiger charge is -2.32. The number of aromatic nitrogens is 2. The minimum atomic E-state index is 0.183. The van der Waals surface area contributed by atoms with Crippen LogP contribution in [-0.4, -0.2) is 53.1 Å². The van der Waals surface area contributed by atoms with Crippen LogP contribution in [0.3, 0.4) is 0 Å². The van der Waals surface area contributed by atoms with E-state index >= 15 is 0 Å². The average Bonchev–Trinajstić information content (AvgIpc) is 2.95. The van der Waals surface area contributed by atoms with Gasteiger partial charge in [0.1, 0.15) is 0 Å². The van der Waals surface area contributed by atoms with Gasteiger partial charge in [0, 0.05) is 44.6 Å². The van der Waals surface area contributed by atoms with Crippen molar-refractivity contribution in [2.75, 3.05) is 38.2 Å². The van der Waals surface area contributed by atoms with E-state index in [0.717, 1.165) is 31.0 Å². The quantitative estimate of drug-likeness (QED) is 0.877. The van der Waals surface area contributed by atoms with Crippen LogP contribution in [-0.2, 0) is 6.54 Å². The number of anilines is 1. The molecule has 2 heterocycles. The normalized spacial score (nSPS) is 16.3. The number of benzene rings is 1. The largest absolute Gasteiger partial charge is 0.395 e. The maximum absolute atomic E-state index is 9.04. The molecule has 5 heteroatoms. The molecule has 0 radical (unpaired) electrons. The van der Waals surface area contributed by atoms with Crippen LogP contribution in [0.5, 0.6) is 0 Å². The number of aliphatic hydroxyl groups excluding tert-OH is 1. The van der Waals surface area contributed by atoms with Crippen LogP contribution in [0, 0.1) is 13.8 Å². The Hall–Kier alpha value is -1.85. The third-order valence-corrected chi connectivity index (χ3v) is 5.17. The highest BCUT2D eigenvalue weighted by atomic mass is 16.3. The fourth-order valence-electron chi connectivity index (χ4n) is 3.73. The zero-order valence-corrected chi connectivity index (χ0v) is 15.6. The van der Waals surface area contributed by atoms with Gasteiger partial charge in [-0.25, -0.2) is 0 Å². The summed E-state index contributed by atoms with van der Waals surface area (Å²) in [6, 6.07) is 11.4. The Kier molecular flexibility index (Phi) is 5.76. The van der Waals surface area contributed by atoms with Crippen molar-refractivity contribution in [1.29, 1.82) is 0 Å². The van der Waals surface area contributed by atoms with E-state index < -0.39 is 0 Å². The summed E-state index contributed by atoms with van der Waals surface area (Å²) in [6.07, 6.45) is 2.33. The lowest BCUT2D eigenvalue weighted by molar-refractivity contribution is 0.172. The predicted molar refractivity (Wildman–Crippen MR) is 102 cm³/mol. The molecule has 0 bridgehead atoms. The molecule has 3 rings (SSSR count). The smallest absolute Gasteiger partial charge is 0.0606 e. The average molecular weight is 342 g/mol. The van der Waals surface area contributed by atoms with Gasteiger partial charge in [-0.2, -0.15) is 5.10 Å². The van der Waals surface area contributed by atoms with Crippen LogP contribution in [0.15, 0.2) is 30.3 Å². The van der Waals surface area contributed by atoms with Gasteiger partial charge in [-0.3, -0.25) is 9.58 Å². The molecule has 0 amide bonds. The van der Waals surface area contributed by atoms with Gasteiger partial charge in [-0.05, 0) is 50.5 Å². The Morgan fingerprint density at radius 3 is 2.40 bits per heavy atom. The summed E-state index contributed by atoms with van der Waals surface area (Å²) in [5.41, 5.74) is 4.90. The molecule has 0 atom stereocenters. The van der Waals surface area contributed by atoms with Crippen molar-refractivity contribution in [1.82, 2.24) is 14.7 Å². The number of nitrogens with zero attached hydrogens (tertiary/aromatic N) is 4. The van der Waals surface area contributed by atoms with Gasteiger partial charge in [0.25, 0.3) is 0 Å². The maximum Gasteiger partial charge on any atom is 0.0606 e. The molecule has 1 aromatic heterocycles. The molecule has 0 unspecified atom stereocenters.